The summed E-state index contributed by atoms with van der Waals surface area (Å²) < 4.78 is 5.52. The first kappa shape index (κ1) is 22.4. The number of methoxy groups -OCH3 is 1. The SMILES string of the molecule is COc1cccc([C@@]23CCN(C)C[C@H]2CC[C@@H](NC(=O)Cc2ccc(Cl)c(Cl)c2)C3)c1. The molecule has 3 atom stereocenters. The van der Waals surface area contributed by atoms with Gasteiger partial charge in [-0.25, -0.2) is 0 Å². The second kappa shape index (κ2) is 9.40. The van der Waals surface area contributed by atoms with E-state index in [-0.39, 0.29) is 17.4 Å². The Labute approximate surface area is 194 Å². The number of halogens is 2. The molecule has 1 heterocycles. The number of carbonyl (C=O) groups is 1. The number of benzene rings is 2. The predicted octanol–water partition coefficient (Wildman–Crippen LogP) is 5.10. The summed E-state index contributed by atoms with van der Waals surface area (Å²) >= 11 is 12.1. The zero-order chi connectivity index (χ0) is 22.0. The molecule has 2 fully saturated rings. The van der Waals surface area contributed by atoms with Gasteiger partial charge in [0.15, 0.2) is 0 Å². The topological polar surface area (TPSA) is 41.6 Å². The molecule has 2 aromatic rings. The summed E-state index contributed by atoms with van der Waals surface area (Å²) in [4.78, 5) is 15.3. The van der Waals surface area contributed by atoms with Crippen molar-refractivity contribution in [2.24, 2.45) is 5.92 Å². The molecule has 4 rings (SSSR count). The lowest BCUT2D eigenvalue weighted by Crippen LogP contribution is -2.55. The van der Waals surface area contributed by atoms with Crippen LogP contribution in [0.4, 0.5) is 0 Å². The van der Waals surface area contributed by atoms with Gasteiger partial charge in [-0.1, -0.05) is 41.4 Å². The molecule has 2 aromatic carbocycles. The Morgan fingerprint density at radius 3 is 2.81 bits per heavy atom. The van der Waals surface area contributed by atoms with Gasteiger partial charge in [-0.2, -0.15) is 0 Å². The van der Waals surface area contributed by atoms with Crippen molar-refractivity contribution in [2.45, 2.75) is 43.6 Å². The average Bonchev–Trinajstić information content (AvgIpc) is 2.76. The van der Waals surface area contributed by atoms with E-state index in [1.54, 1.807) is 19.2 Å². The molecule has 1 saturated heterocycles. The van der Waals surface area contributed by atoms with Crippen molar-refractivity contribution in [3.05, 3.63) is 63.6 Å². The first-order valence-electron chi connectivity index (χ1n) is 11.0. The highest BCUT2D eigenvalue weighted by Gasteiger charge is 2.47. The highest BCUT2D eigenvalue weighted by atomic mass is 35.5. The molecule has 0 unspecified atom stereocenters. The second-order valence-corrected chi connectivity index (χ2v) is 9.88. The average molecular weight is 461 g/mol. The molecule has 31 heavy (non-hydrogen) atoms. The quantitative estimate of drug-likeness (QED) is 0.674. The highest BCUT2D eigenvalue weighted by molar-refractivity contribution is 6.42. The van der Waals surface area contributed by atoms with Crippen molar-refractivity contribution >= 4 is 29.1 Å². The van der Waals surface area contributed by atoms with Crippen LogP contribution in [0.25, 0.3) is 0 Å². The zero-order valence-corrected chi connectivity index (χ0v) is 19.7. The Balaban J connectivity index is 1.51. The lowest BCUT2D eigenvalue weighted by Gasteiger charge is -2.52. The largest absolute Gasteiger partial charge is 0.497 e. The van der Waals surface area contributed by atoms with Gasteiger partial charge < -0.3 is 15.0 Å². The molecule has 1 aliphatic heterocycles. The molecular weight excluding hydrogens is 431 g/mol. The van der Waals surface area contributed by atoms with Crippen molar-refractivity contribution in [3.63, 3.8) is 0 Å². The van der Waals surface area contributed by atoms with Crippen LogP contribution in [0.5, 0.6) is 5.75 Å². The van der Waals surface area contributed by atoms with Crippen LogP contribution in [0.3, 0.4) is 0 Å². The lowest BCUT2D eigenvalue weighted by atomic mass is 9.58. The van der Waals surface area contributed by atoms with Crippen molar-refractivity contribution in [3.8, 4) is 5.75 Å². The van der Waals surface area contributed by atoms with Crippen LogP contribution < -0.4 is 10.1 Å². The van der Waals surface area contributed by atoms with Crippen molar-refractivity contribution in [1.82, 2.24) is 10.2 Å². The number of hydrogen-bond donors (Lipinski definition) is 1. The van der Waals surface area contributed by atoms with Gasteiger partial charge in [-0.05, 0) is 80.6 Å². The number of carbonyl (C=O) groups excluding carboxylic acids is 1. The number of likely N-dealkylation sites (tertiary alicyclic amines) is 1. The summed E-state index contributed by atoms with van der Waals surface area (Å²) in [6, 6.07) is 14.1. The third-order valence-electron chi connectivity index (χ3n) is 7.09. The van der Waals surface area contributed by atoms with Crippen LogP contribution in [-0.4, -0.2) is 44.1 Å². The molecule has 1 saturated carbocycles. The molecule has 0 bridgehead atoms. The fourth-order valence-electron chi connectivity index (χ4n) is 5.48. The third-order valence-corrected chi connectivity index (χ3v) is 7.82. The summed E-state index contributed by atoms with van der Waals surface area (Å²) in [6.07, 6.45) is 4.49. The van der Waals surface area contributed by atoms with Gasteiger partial charge in [0, 0.05) is 18.0 Å². The molecule has 0 spiro atoms. The van der Waals surface area contributed by atoms with E-state index in [0.29, 0.717) is 22.4 Å². The third kappa shape index (κ3) is 4.87. The Kier molecular flexibility index (Phi) is 6.80. The van der Waals surface area contributed by atoms with Crippen LogP contribution in [0.2, 0.25) is 10.0 Å². The van der Waals surface area contributed by atoms with E-state index in [4.69, 9.17) is 27.9 Å². The van der Waals surface area contributed by atoms with Crippen LogP contribution in [0, 0.1) is 5.92 Å². The molecule has 6 heteroatoms. The maximum Gasteiger partial charge on any atom is 0.224 e. The maximum absolute atomic E-state index is 12.8. The summed E-state index contributed by atoms with van der Waals surface area (Å²) in [6.45, 7) is 2.17. The number of nitrogens with one attached hydrogen (secondary N) is 1. The van der Waals surface area contributed by atoms with Gasteiger partial charge >= 0.3 is 0 Å². The predicted molar refractivity (Wildman–Crippen MR) is 126 cm³/mol. The van der Waals surface area contributed by atoms with Crippen LogP contribution in [0.15, 0.2) is 42.5 Å². The van der Waals surface area contributed by atoms with Crippen LogP contribution in [0.1, 0.15) is 36.8 Å². The number of piperidine rings is 1. The molecule has 4 nitrogen and oxygen atoms in total. The molecule has 1 aliphatic carbocycles. The van der Waals surface area contributed by atoms with E-state index in [0.717, 1.165) is 50.1 Å². The molecule has 166 valence electrons. The van der Waals surface area contributed by atoms with Gasteiger partial charge in [-0.15, -0.1) is 0 Å². The molecule has 2 aliphatic rings. The van der Waals surface area contributed by atoms with E-state index >= 15 is 0 Å². The summed E-state index contributed by atoms with van der Waals surface area (Å²) in [5, 5.41) is 4.30. The molecule has 0 aromatic heterocycles. The first-order valence-corrected chi connectivity index (χ1v) is 11.7. The van der Waals surface area contributed by atoms with Crippen LogP contribution in [-0.2, 0) is 16.6 Å². The second-order valence-electron chi connectivity index (χ2n) is 9.07. The fraction of sp³-hybridized carbons (Fsp3) is 0.480. The van der Waals surface area contributed by atoms with Crippen molar-refractivity contribution < 1.29 is 9.53 Å². The minimum absolute atomic E-state index is 0.0376. The van der Waals surface area contributed by atoms with E-state index in [2.05, 4.69) is 35.5 Å². The number of nitrogens with zero attached hydrogens (tertiary/aromatic N) is 1. The molecule has 0 radical (unpaired) electrons. The normalized spacial score (nSPS) is 26.2. The Hall–Kier alpha value is -1.75. The molecule has 1 N–H and O–H groups in total. The smallest absolute Gasteiger partial charge is 0.224 e. The van der Waals surface area contributed by atoms with E-state index in [1.165, 1.54) is 5.56 Å². The van der Waals surface area contributed by atoms with Crippen LogP contribution >= 0.6 is 23.2 Å². The highest BCUT2D eigenvalue weighted by Crippen LogP contribution is 2.49. The minimum atomic E-state index is 0.0376. The zero-order valence-electron chi connectivity index (χ0n) is 18.2. The number of ether oxygens (including phenoxy) is 1. The maximum atomic E-state index is 12.8. The fourth-order valence-corrected chi connectivity index (χ4v) is 5.81. The number of fused-ring (bicyclic) bond motifs is 1. The number of hydrogen-bond acceptors (Lipinski definition) is 3. The van der Waals surface area contributed by atoms with Gasteiger partial charge in [0.05, 0.1) is 23.6 Å². The summed E-state index contributed by atoms with van der Waals surface area (Å²) in [5.41, 5.74) is 2.29. The van der Waals surface area contributed by atoms with Gasteiger partial charge in [0.25, 0.3) is 0 Å². The Morgan fingerprint density at radius 1 is 1.19 bits per heavy atom. The van der Waals surface area contributed by atoms with Gasteiger partial charge in [0.1, 0.15) is 5.75 Å². The number of rotatable bonds is 5. The van der Waals surface area contributed by atoms with E-state index in [1.807, 2.05) is 12.1 Å². The van der Waals surface area contributed by atoms with E-state index < -0.39 is 0 Å². The standard InChI is InChI=1S/C25H30Cl2N2O2/c1-29-11-10-25(18-4-3-5-21(14-18)31-2)15-20(8-7-19(25)16-29)28-24(30)13-17-6-9-22(26)23(27)12-17/h3-6,9,12,14,19-20H,7-8,10-11,13,15-16H2,1-2H3,(H,28,30)/t19-,20-,25+/m1/s1. The lowest BCUT2D eigenvalue weighted by molar-refractivity contribution is -0.121. The van der Waals surface area contributed by atoms with Gasteiger partial charge in [0.2, 0.25) is 5.91 Å². The minimum Gasteiger partial charge on any atom is -0.497 e. The Bertz CT molecular complexity index is 951. The number of amides is 1. The monoisotopic (exact) mass is 460 g/mol. The van der Waals surface area contributed by atoms with Crippen molar-refractivity contribution in [2.75, 3.05) is 27.2 Å². The Morgan fingerprint density at radius 2 is 2.03 bits per heavy atom. The first-order chi connectivity index (χ1) is 14.9. The molecule has 1 amide bonds. The van der Waals surface area contributed by atoms with Gasteiger partial charge in [-0.3, -0.25) is 4.79 Å². The summed E-state index contributed by atoms with van der Waals surface area (Å²) in [5.74, 6) is 1.52. The molecular formula is C25H30Cl2N2O2. The van der Waals surface area contributed by atoms with E-state index in [9.17, 15) is 4.79 Å². The summed E-state index contributed by atoms with van der Waals surface area (Å²) in [7, 11) is 3.93. The van der Waals surface area contributed by atoms with Crippen molar-refractivity contribution in [1.29, 1.82) is 0 Å².